The molecule has 2 aromatic rings. The fraction of sp³-hybridized carbons (Fsp3) is 0.583. The third-order valence-corrected chi connectivity index (χ3v) is 6.65. The first-order valence-electron chi connectivity index (χ1n) is 11.5. The lowest BCUT2D eigenvalue weighted by atomic mass is 9.98. The Morgan fingerprint density at radius 2 is 0.812 bits per heavy atom. The molecule has 4 rings (SSSR count). The van der Waals surface area contributed by atoms with Crippen molar-refractivity contribution in [2.75, 3.05) is 74.0 Å². The Labute approximate surface area is 187 Å². The highest BCUT2D eigenvalue weighted by atomic mass is 19.1. The van der Waals surface area contributed by atoms with Crippen LogP contribution in [0.2, 0.25) is 0 Å². The maximum absolute atomic E-state index is 16.0. The third kappa shape index (κ3) is 3.61. The summed E-state index contributed by atoms with van der Waals surface area (Å²) in [7, 11) is 6.41. The minimum absolute atomic E-state index is 0.0217. The molecule has 0 saturated carbocycles. The van der Waals surface area contributed by atoms with E-state index in [1.807, 2.05) is 0 Å². The first-order chi connectivity index (χ1) is 15.3. The van der Waals surface area contributed by atoms with Gasteiger partial charge in [-0.15, -0.1) is 0 Å². The molecule has 8 heteroatoms. The molecule has 0 radical (unpaired) electrons. The van der Waals surface area contributed by atoms with Gasteiger partial charge in [0, 0.05) is 54.4 Å². The van der Waals surface area contributed by atoms with Gasteiger partial charge >= 0.3 is 0 Å². The summed E-state index contributed by atoms with van der Waals surface area (Å²) in [6.45, 7) is 2.22. The zero-order chi connectivity index (χ0) is 23.2. The molecule has 0 spiro atoms. The van der Waals surface area contributed by atoms with Crippen molar-refractivity contribution < 1.29 is 17.6 Å². The number of piperidine rings is 2. The van der Waals surface area contributed by atoms with Gasteiger partial charge in [0.2, 0.25) is 0 Å². The van der Waals surface area contributed by atoms with Crippen LogP contribution in [0.15, 0.2) is 0 Å². The lowest BCUT2D eigenvalue weighted by Gasteiger charge is -2.35. The monoisotopic (exact) mass is 452 g/mol. The molecule has 2 aromatic carbocycles. The van der Waals surface area contributed by atoms with Crippen molar-refractivity contribution in [3.05, 3.63) is 23.3 Å². The fourth-order valence-corrected chi connectivity index (χ4v) is 5.15. The van der Waals surface area contributed by atoms with E-state index < -0.39 is 34.0 Å². The van der Waals surface area contributed by atoms with Gasteiger partial charge in [0.05, 0.1) is 22.1 Å². The van der Waals surface area contributed by atoms with Crippen molar-refractivity contribution in [2.24, 2.45) is 0 Å². The molecule has 2 fully saturated rings. The van der Waals surface area contributed by atoms with Crippen LogP contribution in [0.5, 0.6) is 0 Å². The molecular formula is C24H32F4N4. The molecule has 2 aliphatic rings. The lowest BCUT2D eigenvalue weighted by Crippen LogP contribution is -2.33. The summed E-state index contributed by atoms with van der Waals surface area (Å²) in [6, 6.07) is 0. The molecule has 0 unspecified atom stereocenters. The Hall–Kier alpha value is -2.38. The van der Waals surface area contributed by atoms with E-state index in [-0.39, 0.29) is 22.7 Å². The second kappa shape index (κ2) is 8.87. The Morgan fingerprint density at radius 3 is 1.09 bits per heavy atom. The van der Waals surface area contributed by atoms with Gasteiger partial charge in [-0.1, -0.05) is 0 Å². The number of fused-ring (bicyclic) bond motifs is 1. The molecule has 0 aliphatic carbocycles. The number of rotatable bonds is 4. The number of anilines is 4. The van der Waals surface area contributed by atoms with Crippen LogP contribution in [-0.2, 0) is 0 Å². The van der Waals surface area contributed by atoms with E-state index in [4.69, 9.17) is 0 Å². The molecule has 2 saturated heterocycles. The number of hydrogen-bond acceptors (Lipinski definition) is 4. The number of halogens is 4. The molecule has 2 heterocycles. The molecule has 0 amide bonds. The van der Waals surface area contributed by atoms with Crippen molar-refractivity contribution in [3.63, 3.8) is 0 Å². The summed E-state index contributed by atoms with van der Waals surface area (Å²) in [6.07, 6.45) is 5.41. The van der Waals surface area contributed by atoms with Crippen LogP contribution in [0.4, 0.5) is 40.3 Å². The van der Waals surface area contributed by atoms with E-state index in [9.17, 15) is 0 Å². The summed E-state index contributed by atoms with van der Waals surface area (Å²) in [5.74, 6) is -3.60. The zero-order valence-electron chi connectivity index (χ0n) is 19.4. The third-order valence-electron chi connectivity index (χ3n) is 6.65. The van der Waals surface area contributed by atoms with Gasteiger partial charge in [-0.3, -0.25) is 0 Å². The summed E-state index contributed by atoms with van der Waals surface area (Å²) in [5.41, 5.74) is -0.0170. The predicted octanol–water partition coefficient (Wildman–Crippen LogP) is 5.51. The van der Waals surface area contributed by atoms with Crippen LogP contribution in [0.25, 0.3) is 10.8 Å². The Morgan fingerprint density at radius 1 is 0.500 bits per heavy atom. The molecule has 4 nitrogen and oxygen atoms in total. The van der Waals surface area contributed by atoms with Crippen molar-refractivity contribution in [3.8, 4) is 0 Å². The highest BCUT2D eigenvalue weighted by Crippen LogP contribution is 2.48. The standard InChI is InChI=1S/C24H32F4N4/c1-29(2)21-17(25)15-16(19(27)23(21)31-11-7-5-8-12-31)18(26)22(30(3)4)24(20(15)28)32-13-9-6-10-14-32/h5-14H2,1-4H3. The number of nitrogens with zero attached hydrogens (tertiary/aromatic N) is 4. The minimum Gasteiger partial charge on any atom is -0.374 e. The lowest BCUT2D eigenvalue weighted by molar-refractivity contribution is 0.541. The molecule has 2 aliphatic heterocycles. The summed E-state index contributed by atoms with van der Waals surface area (Å²) < 4.78 is 64.0. The molecule has 176 valence electrons. The smallest absolute Gasteiger partial charge is 0.159 e. The van der Waals surface area contributed by atoms with Crippen LogP contribution < -0.4 is 19.6 Å². The van der Waals surface area contributed by atoms with Crippen molar-refractivity contribution >= 4 is 33.5 Å². The normalized spacial score (nSPS) is 17.2. The van der Waals surface area contributed by atoms with E-state index in [2.05, 4.69) is 0 Å². The first-order valence-corrected chi connectivity index (χ1v) is 11.5. The van der Waals surface area contributed by atoms with Crippen LogP contribution in [-0.4, -0.2) is 54.4 Å². The predicted molar refractivity (Wildman–Crippen MR) is 125 cm³/mol. The van der Waals surface area contributed by atoms with E-state index in [0.717, 1.165) is 38.5 Å². The summed E-state index contributed by atoms with van der Waals surface area (Å²) in [5, 5.41) is -1.20. The van der Waals surface area contributed by atoms with Gasteiger partial charge in [-0.2, -0.15) is 0 Å². The summed E-state index contributed by atoms with van der Waals surface area (Å²) >= 11 is 0. The van der Waals surface area contributed by atoms with Gasteiger partial charge in [0.1, 0.15) is 11.4 Å². The second-order valence-electron chi connectivity index (χ2n) is 9.28. The largest absolute Gasteiger partial charge is 0.374 e. The first kappa shape index (κ1) is 22.8. The quantitative estimate of drug-likeness (QED) is 0.567. The fourth-order valence-electron chi connectivity index (χ4n) is 5.15. The van der Waals surface area contributed by atoms with Gasteiger partial charge < -0.3 is 19.6 Å². The second-order valence-corrected chi connectivity index (χ2v) is 9.28. The average molecular weight is 453 g/mol. The topological polar surface area (TPSA) is 13.0 Å². The zero-order valence-corrected chi connectivity index (χ0v) is 19.4. The van der Waals surface area contributed by atoms with Crippen molar-refractivity contribution in [2.45, 2.75) is 38.5 Å². The molecule has 0 bridgehead atoms. The van der Waals surface area contributed by atoms with Crippen LogP contribution in [0.3, 0.4) is 0 Å². The summed E-state index contributed by atoms with van der Waals surface area (Å²) in [4.78, 5) is 6.45. The maximum atomic E-state index is 16.0. The maximum Gasteiger partial charge on any atom is 0.159 e. The van der Waals surface area contributed by atoms with Crippen molar-refractivity contribution in [1.82, 2.24) is 0 Å². The number of hydrogen-bond donors (Lipinski definition) is 0. The molecular weight excluding hydrogens is 420 g/mol. The molecule has 0 atom stereocenters. The van der Waals surface area contributed by atoms with E-state index in [1.165, 1.54) is 9.80 Å². The van der Waals surface area contributed by atoms with Crippen LogP contribution >= 0.6 is 0 Å². The van der Waals surface area contributed by atoms with Crippen LogP contribution in [0.1, 0.15) is 38.5 Å². The molecule has 0 aromatic heterocycles. The molecule has 0 N–H and O–H groups in total. The Bertz CT molecular complexity index is 928. The average Bonchev–Trinajstić information content (AvgIpc) is 2.77. The van der Waals surface area contributed by atoms with Gasteiger partial charge in [-0.25, -0.2) is 17.6 Å². The Balaban J connectivity index is 2.10. The van der Waals surface area contributed by atoms with Gasteiger partial charge in [-0.05, 0) is 38.5 Å². The van der Waals surface area contributed by atoms with Gasteiger partial charge in [0.25, 0.3) is 0 Å². The van der Waals surface area contributed by atoms with E-state index in [0.29, 0.717) is 26.2 Å². The number of benzene rings is 2. The Kier molecular flexibility index (Phi) is 6.32. The molecule has 32 heavy (non-hydrogen) atoms. The highest BCUT2D eigenvalue weighted by molar-refractivity contribution is 6.01. The van der Waals surface area contributed by atoms with Crippen molar-refractivity contribution in [1.29, 1.82) is 0 Å². The van der Waals surface area contributed by atoms with Gasteiger partial charge in [0.15, 0.2) is 23.3 Å². The van der Waals surface area contributed by atoms with E-state index in [1.54, 1.807) is 38.0 Å². The SMILES string of the molecule is CN(C)c1c(N2CCCCC2)c(F)c2c(F)c(N(C)C)c(N3CCCCC3)c(F)c2c1F. The van der Waals surface area contributed by atoms with E-state index >= 15 is 17.6 Å². The highest BCUT2D eigenvalue weighted by Gasteiger charge is 2.34. The van der Waals surface area contributed by atoms with Crippen LogP contribution in [0, 0.1) is 23.3 Å². The minimum atomic E-state index is -0.910.